The summed E-state index contributed by atoms with van der Waals surface area (Å²) in [5.74, 6) is 2.60. The monoisotopic (exact) mass is 436 g/mol. The van der Waals surface area contributed by atoms with Crippen molar-refractivity contribution in [3.8, 4) is 11.5 Å². The maximum atomic E-state index is 5.44. The van der Waals surface area contributed by atoms with Crippen LogP contribution in [0, 0.1) is 0 Å². The number of hydrogen-bond acceptors (Lipinski definition) is 4. The molecule has 1 saturated heterocycles. The van der Waals surface area contributed by atoms with Gasteiger partial charge >= 0.3 is 0 Å². The zero-order valence-electron chi connectivity index (χ0n) is 19.6. The van der Waals surface area contributed by atoms with Crippen molar-refractivity contribution < 1.29 is 9.47 Å². The molecule has 2 N–H and O–H groups in total. The van der Waals surface area contributed by atoms with Crippen LogP contribution in [0.3, 0.4) is 0 Å². The van der Waals surface area contributed by atoms with E-state index < -0.39 is 0 Å². The van der Waals surface area contributed by atoms with Crippen LogP contribution in [0.15, 0.2) is 53.5 Å². The van der Waals surface area contributed by atoms with E-state index in [-0.39, 0.29) is 5.41 Å². The van der Waals surface area contributed by atoms with Crippen LogP contribution in [0.2, 0.25) is 0 Å². The summed E-state index contributed by atoms with van der Waals surface area (Å²) in [7, 11) is 3.39. The molecule has 1 aliphatic heterocycles. The highest BCUT2D eigenvalue weighted by Gasteiger charge is 2.44. The first kappa shape index (κ1) is 22.3. The molecule has 2 fully saturated rings. The topological polar surface area (TPSA) is 58.1 Å². The van der Waals surface area contributed by atoms with E-state index in [4.69, 9.17) is 14.5 Å². The van der Waals surface area contributed by atoms with E-state index in [0.717, 1.165) is 62.2 Å². The molecule has 2 aliphatic rings. The van der Waals surface area contributed by atoms with Gasteiger partial charge in [-0.05, 0) is 38.2 Å². The Bertz CT molecular complexity index is 881. The summed E-state index contributed by atoms with van der Waals surface area (Å²) in [4.78, 5) is 7.39. The van der Waals surface area contributed by atoms with Crippen LogP contribution in [-0.4, -0.2) is 52.4 Å². The number of nitrogens with zero attached hydrogens (tertiary/aromatic N) is 2. The minimum absolute atomic E-state index is 0.235. The Morgan fingerprint density at radius 3 is 2.25 bits per heavy atom. The molecule has 0 atom stereocenters. The van der Waals surface area contributed by atoms with Crippen molar-refractivity contribution in [3.05, 3.63) is 54.1 Å². The maximum absolute atomic E-state index is 5.44. The predicted octanol–water partition coefficient (Wildman–Crippen LogP) is 3.96. The Labute approximate surface area is 192 Å². The molecule has 6 heteroatoms. The van der Waals surface area contributed by atoms with Crippen molar-refractivity contribution in [2.24, 2.45) is 4.99 Å². The summed E-state index contributed by atoms with van der Waals surface area (Å²) >= 11 is 0. The fourth-order valence-electron chi connectivity index (χ4n) is 4.48. The quantitative estimate of drug-likeness (QED) is 0.485. The van der Waals surface area contributed by atoms with Gasteiger partial charge in [-0.3, -0.25) is 4.99 Å². The van der Waals surface area contributed by atoms with Gasteiger partial charge in [-0.25, -0.2) is 0 Å². The van der Waals surface area contributed by atoms with Crippen molar-refractivity contribution in [2.75, 3.05) is 45.3 Å². The van der Waals surface area contributed by atoms with Gasteiger partial charge < -0.3 is 25.0 Å². The third kappa shape index (κ3) is 5.29. The molecule has 0 bridgehead atoms. The molecule has 2 aromatic rings. The molecule has 1 saturated carbocycles. The molecule has 1 heterocycles. The molecule has 32 heavy (non-hydrogen) atoms. The van der Waals surface area contributed by atoms with Gasteiger partial charge in [-0.1, -0.05) is 30.3 Å². The summed E-state index contributed by atoms with van der Waals surface area (Å²) in [6, 6.07) is 17.3. The van der Waals surface area contributed by atoms with Gasteiger partial charge in [0.25, 0.3) is 0 Å². The van der Waals surface area contributed by atoms with Crippen molar-refractivity contribution in [1.29, 1.82) is 0 Å². The van der Waals surface area contributed by atoms with E-state index in [1.54, 1.807) is 14.2 Å². The molecule has 2 aromatic carbocycles. The Hall–Kier alpha value is -2.89. The molecular formula is C26H36N4O2. The predicted molar refractivity (Wildman–Crippen MR) is 131 cm³/mol. The second kappa shape index (κ2) is 10.2. The molecule has 0 spiro atoms. The summed E-state index contributed by atoms with van der Waals surface area (Å²) in [6.45, 7) is 5.81. The zero-order valence-corrected chi connectivity index (χ0v) is 19.6. The van der Waals surface area contributed by atoms with Gasteiger partial charge in [0.1, 0.15) is 11.5 Å². The molecule has 172 valence electrons. The van der Waals surface area contributed by atoms with Crippen molar-refractivity contribution in [3.63, 3.8) is 0 Å². The van der Waals surface area contributed by atoms with E-state index in [2.05, 4.69) is 64.9 Å². The minimum Gasteiger partial charge on any atom is -0.497 e. The average molecular weight is 437 g/mol. The lowest BCUT2D eigenvalue weighted by Crippen LogP contribution is -2.49. The van der Waals surface area contributed by atoms with Crippen LogP contribution < -0.4 is 25.0 Å². The first-order chi connectivity index (χ1) is 15.7. The number of methoxy groups -OCH3 is 2. The first-order valence-electron chi connectivity index (χ1n) is 11.7. The van der Waals surface area contributed by atoms with Gasteiger partial charge in [-0.15, -0.1) is 0 Å². The number of aliphatic imine (C=N–C) groups is 1. The second-order valence-corrected chi connectivity index (χ2v) is 8.82. The SMILES string of the molecule is CCNC(=NCC1(c2ccccc2)CC1)NC1CCN(c2cc(OC)cc(OC)c2)CC1. The largest absolute Gasteiger partial charge is 0.497 e. The Kier molecular flexibility index (Phi) is 7.08. The number of anilines is 1. The zero-order chi connectivity index (χ0) is 22.4. The van der Waals surface area contributed by atoms with Crippen molar-refractivity contribution in [2.45, 2.75) is 44.1 Å². The number of benzene rings is 2. The smallest absolute Gasteiger partial charge is 0.191 e. The molecule has 4 rings (SSSR count). The van der Waals surface area contributed by atoms with Crippen molar-refractivity contribution in [1.82, 2.24) is 10.6 Å². The number of hydrogen-bond donors (Lipinski definition) is 2. The molecular weight excluding hydrogens is 400 g/mol. The van der Waals surface area contributed by atoms with E-state index in [1.807, 2.05) is 6.07 Å². The lowest BCUT2D eigenvalue weighted by molar-refractivity contribution is 0.393. The lowest BCUT2D eigenvalue weighted by Gasteiger charge is -2.35. The van der Waals surface area contributed by atoms with E-state index in [1.165, 1.54) is 18.4 Å². The van der Waals surface area contributed by atoms with Gasteiger partial charge in [0.2, 0.25) is 0 Å². The lowest BCUT2D eigenvalue weighted by atomic mass is 9.96. The molecule has 1 aliphatic carbocycles. The van der Waals surface area contributed by atoms with Crippen LogP contribution in [0.1, 0.15) is 38.2 Å². The van der Waals surface area contributed by atoms with Crippen LogP contribution in [0.5, 0.6) is 11.5 Å². The number of guanidine groups is 1. The van der Waals surface area contributed by atoms with Crippen molar-refractivity contribution >= 4 is 11.6 Å². The van der Waals surface area contributed by atoms with E-state index in [9.17, 15) is 0 Å². The van der Waals surface area contributed by atoms with Gasteiger partial charge in [0.05, 0.1) is 20.8 Å². The average Bonchev–Trinajstić information content (AvgIpc) is 3.64. The normalized spacial score (nSPS) is 18.2. The molecule has 0 amide bonds. The standard InChI is InChI=1S/C26H36N4O2/c1-4-27-25(28-19-26(12-13-26)20-8-6-5-7-9-20)29-21-10-14-30(15-11-21)22-16-23(31-2)18-24(17-22)32-3/h5-9,16-18,21H,4,10-15,19H2,1-3H3,(H2,27,28,29). The molecule has 6 nitrogen and oxygen atoms in total. The Morgan fingerprint density at radius 1 is 1.03 bits per heavy atom. The highest BCUT2D eigenvalue weighted by molar-refractivity contribution is 5.80. The maximum Gasteiger partial charge on any atom is 0.191 e. The van der Waals surface area contributed by atoms with Gasteiger partial charge in [0, 0.05) is 55.0 Å². The number of ether oxygens (including phenoxy) is 2. The fourth-order valence-corrected chi connectivity index (χ4v) is 4.48. The van der Waals surface area contributed by atoms with Gasteiger partial charge in [-0.2, -0.15) is 0 Å². The van der Waals surface area contributed by atoms with E-state index in [0.29, 0.717) is 6.04 Å². The van der Waals surface area contributed by atoms with Crippen LogP contribution in [0.4, 0.5) is 5.69 Å². The number of piperidine rings is 1. The molecule has 0 radical (unpaired) electrons. The second-order valence-electron chi connectivity index (χ2n) is 8.82. The summed E-state index contributed by atoms with van der Waals surface area (Å²) in [5.41, 5.74) is 2.80. The highest BCUT2D eigenvalue weighted by Crippen LogP contribution is 2.48. The summed E-state index contributed by atoms with van der Waals surface area (Å²) < 4.78 is 10.9. The van der Waals surface area contributed by atoms with Crippen LogP contribution in [-0.2, 0) is 5.41 Å². The highest BCUT2D eigenvalue weighted by atomic mass is 16.5. The first-order valence-corrected chi connectivity index (χ1v) is 11.7. The van der Waals surface area contributed by atoms with Crippen LogP contribution in [0.25, 0.3) is 0 Å². The molecule has 0 aromatic heterocycles. The number of rotatable bonds is 8. The summed E-state index contributed by atoms with van der Waals surface area (Å²) in [6.07, 6.45) is 4.58. The van der Waals surface area contributed by atoms with E-state index >= 15 is 0 Å². The Morgan fingerprint density at radius 2 is 1.69 bits per heavy atom. The summed E-state index contributed by atoms with van der Waals surface area (Å²) in [5, 5.41) is 7.14. The van der Waals surface area contributed by atoms with Gasteiger partial charge in [0.15, 0.2) is 5.96 Å². The van der Waals surface area contributed by atoms with Crippen LogP contribution >= 0.6 is 0 Å². The third-order valence-corrected chi connectivity index (χ3v) is 6.66. The number of nitrogens with one attached hydrogen (secondary N) is 2. The fraction of sp³-hybridized carbons (Fsp3) is 0.500. The Balaban J connectivity index is 1.35. The molecule has 0 unspecified atom stereocenters. The minimum atomic E-state index is 0.235. The third-order valence-electron chi connectivity index (χ3n) is 6.66.